The van der Waals surface area contributed by atoms with Gasteiger partial charge in [-0.1, -0.05) is 17.3 Å². The van der Waals surface area contributed by atoms with E-state index in [2.05, 4.69) is 25.7 Å². The molecule has 2 aromatic rings. The number of nitrogens with zero attached hydrogens (tertiary/aromatic N) is 3. The minimum atomic E-state index is -0.861. The minimum Gasteiger partial charge on any atom is -0.444 e. The number of halogens is 1. The largest absolute Gasteiger partial charge is 0.444 e. The highest BCUT2D eigenvalue weighted by atomic mass is 19.1. The van der Waals surface area contributed by atoms with Crippen molar-refractivity contribution in [1.29, 1.82) is 0 Å². The van der Waals surface area contributed by atoms with Gasteiger partial charge in [0.15, 0.2) is 5.82 Å². The first-order chi connectivity index (χ1) is 15.9. The Morgan fingerprint density at radius 1 is 1.15 bits per heavy atom. The number of carbonyl (C=O) groups is 2. The van der Waals surface area contributed by atoms with Crippen molar-refractivity contribution in [3.8, 4) is 0 Å². The topological polar surface area (TPSA) is 110 Å². The molecule has 1 saturated heterocycles. The number of carbonyl (C=O) groups excluding carboxylic acids is 2. The molecule has 9 nitrogen and oxygen atoms in total. The van der Waals surface area contributed by atoms with Crippen LogP contribution >= 0.6 is 0 Å². The first kappa shape index (κ1) is 25.6. The maximum absolute atomic E-state index is 13.0. The van der Waals surface area contributed by atoms with Gasteiger partial charge in [-0.3, -0.25) is 9.69 Å². The zero-order chi connectivity index (χ0) is 24.9. The number of hydrogen-bond donors (Lipinski definition) is 2. The summed E-state index contributed by atoms with van der Waals surface area (Å²) < 4.78 is 23.7. The Labute approximate surface area is 199 Å². The van der Waals surface area contributed by atoms with Crippen molar-refractivity contribution in [2.75, 3.05) is 13.1 Å². The van der Waals surface area contributed by atoms with Gasteiger partial charge in [0.2, 0.25) is 11.8 Å². The SMILES string of the molecule is CC(C)(C)OC(=O)NC(C)(C)c1noc(CN2CCC(C(=O)NCc3ccc(F)cc3)CC2)n1. The number of aromatic nitrogens is 2. The van der Waals surface area contributed by atoms with Crippen LogP contribution in [0.2, 0.25) is 0 Å². The predicted octanol–water partition coefficient (Wildman–Crippen LogP) is 3.50. The molecule has 0 aliphatic carbocycles. The summed E-state index contributed by atoms with van der Waals surface area (Å²) in [5.41, 5.74) is -0.602. The molecule has 0 radical (unpaired) electrons. The van der Waals surface area contributed by atoms with E-state index in [1.165, 1.54) is 12.1 Å². The highest BCUT2D eigenvalue weighted by Gasteiger charge is 2.32. The summed E-state index contributed by atoms with van der Waals surface area (Å²) in [7, 11) is 0. The number of alkyl carbamates (subject to hydrolysis) is 1. The second-order valence-corrected chi connectivity index (χ2v) is 10.2. The minimum absolute atomic E-state index is 0.0130. The van der Waals surface area contributed by atoms with Crippen molar-refractivity contribution in [2.45, 2.75) is 71.7 Å². The van der Waals surface area contributed by atoms with Crippen LogP contribution in [-0.4, -0.2) is 45.7 Å². The predicted molar refractivity (Wildman–Crippen MR) is 123 cm³/mol. The first-order valence-electron chi connectivity index (χ1n) is 11.5. The number of benzene rings is 1. The third-order valence-corrected chi connectivity index (χ3v) is 5.54. The van der Waals surface area contributed by atoms with E-state index >= 15 is 0 Å². The maximum atomic E-state index is 13.0. The van der Waals surface area contributed by atoms with Crippen LogP contribution in [0.25, 0.3) is 0 Å². The van der Waals surface area contributed by atoms with E-state index in [-0.39, 0.29) is 17.6 Å². The van der Waals surface area contributed by atoms with Crippen LogP contribution in [0, 0.1) is 11.7 Å². The van der Waals surface area contributed by atoms with Gasteiger partial charge in [-0.25, -0.2) is 9.18 Å². The molecule has 0 saturated carbocycles. The smallest absolute Gasteiger partial charge is 0.408 e. The van der Waals surface area contributed by atoms with Crippen molar-refractivity contribution in [3.63, 3.8) is 0 Å². The van der Waals surface area contributed by atoms with E-state index in [0.717, 1.165) is 31.5 Å². The molecule has 1 fully saturated rings. The van der Waals surface area contributed by atoms with Gasteiger partial charge in [0.25, 0.3) is 0 Å². The molecule has 1 aliphatic heterocycles. The van der Waals surface area contributed by atoms with Gasteiger partial charge in [-0.2, -0.15) is 4.98 Å². The standard InChI is InChI=1S/C24H34FN5O4/c1-23(2,3)33-22(32)28-24(4,5)21-27-19(34-29-21)15-30-12-10-17(11-13-30)20(31)26-14-16-6-8-18(25)9-7-16/h6-9,17H,10-15H2,1-5H3,(H,26,31)(H,28,32). The van der Waals surface area contributed by atoms with E-state index in [1.54, 1.807) is 46.8 Å². The highest BCUT2D eigenvalue weighted by Crippen LogP contribution is 2.21. The average molecular weight is 476 g/mol. The van der Waals surface area contributed by atoms with E-state index in [9.17, 15) is 14.0 Å². The van der Waals surface area contributed by atoms with Crippen molar-refractivity contribution in [2.24, 2.45) is 5.92 Å². The van der Waals surface area contributed by atoms with Gasteiger partial charge in [-0.05, 0) is 78.2 Å². The molecule has 34 heavy (non-hydrogen) atoms. The average Bonchev–Trinajstić information content (AvgIpc) is 3.21. The molecule has 0 atom stereocenters. The lowest BCUT2D eigenvalue weighted by molar-refractivity contribution is -0.126. The zero-order valence-electron chi connectivity index (χ0n) is 20.5. The number of ether oxygens (including phenoxy) is 1. The van der Waals surface area contributed by atoms with E-state index in [0.29, 0.717) is 24.8 Å². The number of likely N-dealkylation sites (tertiary alicyclic amines) is 1. The lowest BCUT2D eigenvalue weighted by atomic mass is 9.96. The molecule has 2 N–H and O–H groups in total. The van der Waals surface area contributed by atoms with Crippen LogP contribution in [0.4, 0.5) is 9.18 Å². The number of rotatable bonds is 7. The number of amides is 2. The summed E-state index contributed by atoms with van der Waals surface area (Å²) in [4.78, 5) is 31.2. The molecule has 2 heterocycles. The van der Waals surface area contributed by atoms with Crippen molar-refractivity contribution in [1.82, 2.24) is 25.7 Å². The lowest BCUT2D eigenvalue weighted by Gasteiger charge is -2.30. The van der Waals surface area contributed by atoms with Crippen LogP contribution in [-0.2, 0) is 28.2 Å². The van der Waals surface area contributed by atoms with Crippen LogP contribution in [0.15, 0.2) is 28.8 Å². The van der Waals surface area contributed by atoms with E-state index in [4.69, 9.17) is 9.26 Å². The Morgan fingerprint density at radius 2 is 1.79 bits per heavy atom. The van der Waals surface area contributed by atoms with Crippen molar-refractivity contribution < 1.29 is 23.2 Å². The van der Waals surface area contributed by atoms with Gasteiger partial charge < -0.3 is 19.9 Å². The molecule has 0 unspecified atom stereocenters. The van der Waals surface area contributed by atoms with Crippen LogP contribution in [0.5, 0.6) is 0 Å². The number of hydrogen-bond acceptors (Lipinski definition) is 7. The number of nitrogens with one attached hydrogen (secondary N) is 2. The van der Waals surface area contributed by atoms with Gasteiger partial charge in [0.1, 0.15) is 17.0 Å². The molecule has 2 amide bonds. The zero-order valence-corrected chi connectivity index (χ0v) is 20.5. The second-order valence-electron chi connectivity index (χ2n) is 10.2. The Kier molecular flexibility index (Phi) is 7.91. The number of piperidine rings is 1. The monoisotopic (exact) mass is 475 g/mol. The third kappa shape index (κ3) is 7.51. The molecule has 186 valence electrons. The third-order valence-electron chi connectivity index (χ3n) is 5.54. The van der Waals surface area contributed by atoms with Crippen molar-refractivity contribution in [3.05, 3.63) is 47.4 Å². The van der Waals surface area contributed by atoms with Gasteiger partial charge >= 0.3 is 6.09 Å². The molecule has 3 rings (SSSR count). The van der Waals surface area contributed by atoms with Gasteiger partial charge in [0, 0.05) is 12.5 Å². The second kappa shape index (κ2) is 10.5. The summed E-state index contributed by atoms with van der Waals surface area (Å²) >= 11 is 0. The van der Waals surface area contributed by atoms with E-state index in [1.807, 2.05) is 0 Å². The Morgan fingerprint density at radius 3 is 2.41 bits per heavy atom. The van der Waals surface area contributed by atoms with E-state index < -0.39 is 17.2 Å². The molecule has 1 aliphatic rings. The molecular formula is C24H34FN5O4. The summed E-state index contributed by atoms with van der Waals surface area (Å²) in [5, 5.41) is 9.74. The molecule has 1 aromatic carbocycles. The molecule has 10 heteroatoms. The Bertz CT molecular complexity index is 976. The molecule has 1 aromatic heterocycles. The quantitative estimate of drug-likeness (QED) is 0.631. The highest BCUT2D eigenvalue weighted by molar-refractivity contribution is 5.78. The molecule has 0 bridgehead atoms. The fraction of sp³-hybridized carbons (Fsp3) is 0.583. The first-order valence-corrected chi connectivity index (χ1v) is 11.5. The van der Waals surface area contributed by atoms with Crippen LogP contribution in [0.1, 0.15) is 64.7 Å². The van der Waals surface area contributed by atoms with Crippen LogP contribution < -0.4 is 10.6 Å². The maximum Gasteiger partial charge on any atom is 0.408 e. The summed E-state index contributed by atoms with van der Waals surface area (Å²) in [6, 6.07) is 6.11. The molecular weight excluding hydrogens is 441 g/mol. The summed E-state index contributed by atoms with van der Waals surface area (Å²) in [6.07, 6.45) is 0.896. The Hall–Kier alpha value is -3.01. The van der Waals surface area contributed by atoms with Crippen molar-refractivity contribution >= 4 is 12.0 Å². The lowest BCUT2D eigenvalue weighted by Crippen LogP contribution is -2.44. The van der Waals surface area contributed by atoms with Crippen LogP contribution in [0.3, 0.4) is 0 Å². The fourth-order valence-electron chi connectivity index (χ4n) is 3.67. The molecule has 0 spiro atoms. The summed E-state index contributed by atoms with van der Waals surface area (Å²) in [5.74, 6) is 0.473. The van der Waals surface area contributed by atoms with Gasteiger partial charge in [0.05, 0.1) is 6.54 Å². The summed E-state index contributed by atoms with van der Waals surface area (Å²) in [6.45, 7) is 11.3. The van der Waals surface area contributed by atoms with Gasteiger partial charge in [-0.15, -0.1) is 0 Å². The fourth-order valence-corrected chi connectivity index (χ4v) is 3.67. The Balaban J connectivity index is 1.45. The normalized spacial score (nSPS) is 15.7.